The van der Waals surface area contributed by atoms with Gasteiger partial charge in [0.15, 0.2) is 6.39 Å². The van der Waals surface area contributed by atoms with Gasteiger partial charge in [0.05, 0.1) is 12.1 Å². The molecule has 0 aliphatic heterocycles. The topological polar surface area (TPSA) is 55.1 Å². The van der Waals surface area contributed by atoms with E-state index in [1.807, 2.05) is 32.0 Å². The first-order valence-electron chi connectivity index (χ1n) is 5.39. The average molecular weight is 230 g/mol. The third-order valence-electron chi connectivity index (χ3n) is 2.48. The molecule has 88 valence electrons. The largest absolute Gasteiger partial charge is 0.451 e. The van der Waals surface area contributed by atoms with Gasteiger partial charge in [-0.1, -0.05) is 17.7 Å². The van der Waals surface area contributed by atoms with Crippen LogP contribution in [-0.4, -0.2) is 10.9 Å². The number of aromatic nitrogens is 1. The molecule has 1 aromatic heterocycles. The fourth-order valence-electron chi connectivity index (χ4n) is 1.64. The van der Waals surface area contributed by atoms with Crippen molar-refractivity contribution in [3.8, 4) is 0 Å². The smallest absolute Gasteiger partial charge is 0.230 e. The van der Waals surface area contributed by atoms with E-state index in [1.54, 1.807) is 0 Å². The SMILES string of the molecule is Cc1ccc(NC(=O)Cc2cocn2)c(C)c1. The number of rotatable bonds is 3. The predicted molar refractivity (Wildman–Crippen MR) is 64.8 cm³/mol. The zero-order valence-corrected chi connectivity index (χ0v) is 9.86. The van der Waals surface area contributed by atoms with E-state index in [2.05, 4.69) is 10.3 Å². The second-order valence-electron chi connectivity index (χ2n) is 4.02. The first kappa shape index (κ1) is 11.4. The van der Waals surface area contributed by atoms with Crippen molar-refractivity contribution >= 4 is 11.6 Å². The molecule has 0 aliphatic carbocycles. The second-order valence-corrected chi connectivity index (χ2v) is 4.02. The second kappa shape index (κ2) is 4.82. The molecule has 2 rings (SSSR count). The van der Waals surface area contributed by atoms with Crippen molar-refractivity contribution in [2.45, 2.75) is 20.3 Å². The van der Waals surface area contributed by atoms with Gasteiger partial charge in [0.2, 0.25) is 5.91 Å². The Labute approximate surface area is 99.7 Å². The van der Waals surface area contributed by atoms with Crippen molar-refractivity contribution in [3.05, 3.63) is 47.7 Å². The molecule has 17 heavy (non-hydrogen) atoms. The number of carbonyl (C=O) groups is 1. The van der Waals surface area contributed by atoms with Gasteiger partial charge in [-0.15, -0.1) is 0 Å². The van der Waals surface area contributed by atoms with Crippen molar-refractivity contribution in [2.75, 3.05) is 5.32 Å². The Balaban J connectivity index is 2.03. The number of aryl methyl sites for hydroxylation is 2. The van der Waals surface area contributed by atoms with Crippen molar-refractivity contribution < 1.29 is 9.21 Å². The van der Waals surface area contributed by atoms with Crippen molar-refractivity contribution in [3.63, 3.8) is 0 Å². The minimum Gasteiger partial charge on any atom is -0.451 e. The van der Waals surface area contributed by atoms with Crippen LogP contribution in [-0.2, 0) is 11.2 Å². The maximum atomic E-state index is 11.7. The van der Waals surface area contributed by atoms with Crippen LogP contribution in [0.2, 0.25) is 0 Å². The maximum absolute atomic E-state index is 11.7. The first-order valence-corrected chi connectivity index (χ1v) is 5.39. The van der Waals surface area contributed by atoms with Gasteiger partial charge in [-0.05, 0) is 25.5 Å². The summed E-state index contributed by atoms with van der Waals surface area (Å²) in [6, 6.07) is 5.91. The van der Waals surface area contributed by atoms with Crippen LogP contribution in [0.15, 0.2) is 35.3 Å². The minimum atomic E-state index is -0.0918. The molecule has 1 amide bonds. The average Bonchev–Trinajstić information content (AvgIpc) is 2.75. The molecule has 0 atom stereocenters. The van der Waals surface area contributed by atoms with E-state index in [0.717, 1.165) is 11.3 Å². The number of anilines is 1. The van der Waals surface area contributed by atoms with Crippen LogP contribution >= 0.6 is 0 Å². The molecule has 2 aromatic rings. The number of hydrogen-bond donors (Lipinski definition) is 1. The Hall–Kier alpha value is -2.10. The lowest BCUT2D eigenvalue weighted by Crippen LogP contribution is -2.15. The van der Waals surface area contributed by atoms with Gasteiger partial charge < -0.3 is 9.73 Å². The Kier molecular flexibility index (Phi) is 3.23. The van der Waals surface area contributed by atoms with Gasteiger partial charge in [0.1, 0.15) is 6.26 Å². The highest BCUT2D eigenvalue weighted by Crippen LogP contribution is 2.16. The Bertz CT molecular complexity index is 518. The third-order valence-corrected chi connectivity index (χ3v) is 2.48. The van der Waals surface area contributed by atoms with Crippen molar-refractivity contribution in [1.82, 2.24) is 4.98 Å². The summed E-state index contributed by atoms with van der Waals surface area (Å²) in [6.45, 7) is 3.99. The third kappa shape index (κ3) is 2.93. The zero-order chi connectivity index (χ0) is 12.3. The van der Waals surface area contributed by atoms with E-state index in [9.17, 15) is 4.79 Å². The molecule has 1 N–H and O–H groups in total. The number of benzene rings is 1. The van der Waals surface area contributed by atoms with Gasteiger partial charge in [-0.25, -0.2) is 4.98 Å². The van der Waals surface area contributed by atoms with E-state index in [0.29, 0.717) is 5.69 Å². The van der Waals surface area contributed by atoms with Crippen LogP contribution in [0.4, 0.5) is 5.69 Å². The molecular weight excluding hydrogens is 216 g/mol. The van der Waals surface area contributed by atoms with Gasteiger partial charge in [0.25, 0.3) is 0 Å². The fraction of sp³-hybridized carbons (Fsp3) is 0.231. The monoisotopic (exact) mass is 230 g/mol. The Morgan fingerprint density at radius 2 is 2.24 bits per heavy atom. The van der Waals surface area contributed by atoms with Crippen LogP contribution in [0.5, 0.6) is 0 Å². The molecule has 4 heteroatoms. The molecule has 0 spiro atoms. The quantitative estimate of drug-likeness (QED) is 0.881. The lowest BCUT2D eigenvalue weighted by atomic mass is 10.1. The van der Waals surface area contributed by atoms with E-state index in [1.165, 1.54) is 18.2 Å². The lowest BCUT2D eigenvalue weighted by Gasteiger charge is -2.08. The molecular formula is C13H14N2O2. The molecule has 0 fully saturated rings. The molecule has 1 heterocycles. The van der Waals surface area contributed by atoms with Crippen LogP contribution in [0.25, 0.3) is 0 Å². The molecule has 0 saturated carbocycles. The lowest BCUT2D eigenvalue weighted by molar-refractivity contribution is -0.115. The minimum absolute atomic E-state index is 0.0918. The summed E-state index contributed by atoms with van der Waals surface area (Å²) in [5, 5.41) is 2.86. The molecule has 0 bridgehead atoms. The van der Waals surface area contributed by atoms with E-state index >= 15 is 0 Å². The summed E-state index contributed by atoms with van der Waals surface area (Å²) in [7, 11) is 0. The van der Waals surface area contributed by atoms with Crippen molar-refractivity contribution in [1.29, 1.82) is 0 Å². The number of amides is 1. The number of nitrogens with zero attached hydrogens (tertiary/aromatic N) is 1. The zero-order valence-electron chi connectivity index (χ0n) is 9.86. The number of nitrogens with one attached hydrogen (secondary N) is 1. The van der Waals surface area contributed by atoms with Gasteiger partial charge >= 0.3 is 0 Å². The molecule has 0 radical (unpaired) electrons. The summed E-state index contributed by atoms with van der Waals surface area (Å²) < 4.78 is 4.81. The maximum Gasteiger partial charge on any atom is 0.230 e. The van der Waals surface area contributed by atoms with Gasteiger partial charge in [0, 0.05) is 5.69 Å². The van der Waals surface area contributed by atoms with E-state index in [4.69, 9.17) is 4.42 Å². The Morgan fingerprint density at radius 3 is 2.88 bits per heavy atom. The standard InChI is InChI=1S/C13H14N2O2/c1-9-3-4-12(10(2)5-9)15-13(16)6-11-7-17-8-14-11/h3-5,7-8H,6H2,1-2H3,(H,15,16). The van der Waals surface area contributed by atoms with E-state index in [-0.39, 0.29) is 12.3 Å². The van der Waals surface area contributed by atoms with Gasteiger partial charge in [-0.3, -0.25) is 4.79 Å². The summed E-state index contributed by atoms with van der Waals surface area (Å²) in [4.78, 5) is 15.6. The summed E-state index contributed by atoms with van der Waals surface area (Å²) in [5.74, 6) is -0.0918. The summed E-state index contributed by atoms with van der Waals surface area (Å²) >= 11 is 0. The molecule has 0 saturated heterocycles. The normalized spacial score (nSPS) is 10.2. The molecule has 0 unspecified atom stereocenters. The fourth-order valence-corrected chi connectivity index (χ4v) is 1.64. The van der Waals surface area contributed by atoms with Crippen molar-refractivity contribution in [2.24, 2.45) is 0 Å². The number of hydrogen-bond acceptors (Lipinski definition) is 3. The number of carbonyl (C=O) groups excluding carboxylic acids is 1. The molecule has 0 aliphatic rings. The van der Waals surface area contributed by atoms with Crippen LogP contribution in [0, 0.1) is 13.8 Å². The Morgan fingerprint density at radius 1 is 1.41 bits per heavy atom. The highest BCUT2D eigenvalue weighted by molar-refractivity contribution is 5.92. The van der Waals surface area contributed by atoms with Crippen LogP contribution in [0.1, 0.15) is 16.8 Å². The van der Waals surface area contributed by atoms with Gasteiger partial charge in [-0.2, -0.15) is 0 Å². The first-order chi connectivity index (χ1) is 8.15. The summed E-state index contributed by atoms with van der Waals surface area (Å²) in [6.07, 6.45) is 3.02. The highest BCUT2D eigenvalue weighted by atomic mass is 16.3. The predicted octanol–water partition coefficient (Wildman–Crippen LogP) is 2.47. The molecule has 4 nitrogen and oxygen atoms in total. The van der Waals surface area contributed by atoms with Crippen LogP contribution in [0.3, 0.4) is 0 Å². The summed E-state index contributed by atoms with van der Waals surface area (Å²) in [5.41, 5.74) is 3.70. The molecule has 1 aromatic carbocycles. The highest BCUT2D eigenvalue weighted by Gasteiger charge is 2.07. The van der Waals surface area contributed by atoms with E-state index < -0.39 is 0 Å². The number of oxazole rings is 1. The van der Waals surface area contributed by atoms with Crippen LogP contribution < -0.4 is 5.32 Å².